The average molecular weight is 430 g/mol. The van der Waals surface area contributed by atoms with Gasteiger partial charge < -0.3 is 10.6 Å². The van der Waals surface area contributed by atoms with Crippen LogP contribution in [0.15, 0.2) is 53.4 Å². The van der Waals surface area contributed by atoms with Crippen molar-refractivity contribution >= 4 is 21.8 Å². The Morgan fingerprint density at radius 3 is 2.30 bits per heavy atom. The average Bonchev–Trinajstić information content (AvgIpc) is 2.76. The van der Waals surface area contributed by atoms with E-state index >= 15 is 0 Å². The lowest BCUT2D eigenvalue weighted by Crippen LogP contribution is -2.36. The molecule has 0 spiro atoms. The van der Waals surface area contributed by atoms with Crippen molar-refractivity contribution in [2.45, 2.75) is 37.0 Å². The smallest absolute Gasteiger partial charge is 0.251 e. The molecule has 8 heteroatoms. The van der Waals surface area contributed by atoms with E-state index in [2.05, 4.69) is 15.4 Å². The Bertz CT molecular complexity index is 991. The topological polar surface area (TPSA) is 104 Å². The number of sulfonamides is 1. The van der Waals surface area contributed by atoms with Gasteiger partial charge in [-0.2, -0.15) is 0 Å². The van der Waals surface area contributed by atoms with Gasteiger partial charge in [0.15, 0.2) is 0 Å². The van der Waals surface area contributed by atoms with Gasteiger partial charge in [-0.3, -0.25) is 9.59 Å². The summed E-state index contributed by atoms with van der Waals surface area (Å²) < 4.78 is 27.4. The van der Waals surface area contributed by atoms with Crippen LogP contribution in [0.3, 0.4) is 0 Å². The Morgan fingerprint density at radius 1 is 0.833 bits per heavy atom. The van der Waals surface area contributed by atoms with E-state index < -0.39 is 10.0 Å². The van der Waals surface area contributed by atoms with Gasteiger partial charge in [0.25, 0.3) is 5.91 Å². The third-order valence-electron chi connectivity index (χ3n) is 5.04. The first-order valence-corrected chi connectivity index (χ1v) is 11.7. The van der Waals surface area contributed by atoms with E-state index in [1.54, 1.807) is 36.4 Å². The number of amides is 2. The third-order valence-corrected chi connectivity index (χ3v) is 6.50. The highest BCUT2D eigenvalue weighted by Crippen LogP contribution is 2.23. The second-order valence-electron chi connectivity index (χ2n) is 7.26. The summed E-state index contributed by atoms with van der Waals surface area (Å²) in [6, 6.07) is 14.1. The van der Waals surface area contributed by atoms with Crippen molar-refractivity contribution in [1.82, 2.24) is 15.4 Å². The highest BCUT2D eigenvalue weighted by atomic mass is 32.2. The molecule has 2 aromatic rings. The van der Waals surface area contributed by atoms with E-state index in [-0.39, 0.29) is 36.2 Å². The molecule has 0 atom stereocenters. The minimum Gasteiger partial charge on any atom is -0.354 e. The number of hydrogen-bond donors (Lipinski definition) is 3. The number of fused-ring (bicyclic) bond motifs is 1. The van der Waals surface area contributed by atoms with Gasteiger partial charge in [-0.05, 0) is 61.1 Å². The van der Waals surface area contributed by atoms with Gasteiger partial charge in [-0.1, -0.05) is 24.3 Å². The number of hydrogen-bond acceptors (Lipinski definition) is 4. The Balaban J connectivity index is 1.37. The molecule has 3 N–H and O–H groups in total. The second kappa shape index (κ2) is 10.4. The third kappa shape index (κ3) is 6.14. The van der Waals surface area contributed by atoms with Gasteiger partial charge in [0, 0.05) is 31.6 Å². The molecule has 0 aromatic heterocycles. The molecule has 2 aromatic carbocycles. The van der Waals surface area contributed by atoms with E-state index in [9.17, 15) is 18.0 Å². The van der Waals surface area contributed by atoms with E-state index in [1.807, 2.05) is 12.1 Å². The highest BCUT2D eigenvalue weighted by molar-refractivity contribution is 7.89. The number of benzene rings is 2. The van der Waals surface area contributed by atoms with Crippen LogP contribution in [0.1, 0.15) is 40.7 Å². The van der Waals surface area contributed by atoms with Crippen LogP contribution in [-0.4, -0.2) is 39.9 Å². The predicted molar refractivity (Wildman–Crippen MR) is 115 cm³/mol. The largest absolute Gasteiger partial charge is 0.354 e. The summed E-state index contributed by atoms with van der Waals surface area (Å²) in [5.74, 6) is -0.486. The van der Waals surface area contributed by atoms with Gasteiger partial charge in [-0.25, -0.2) is 13.1 Å². The number of nitrogens with one attached hydrogen (secondary N) is 3. The van der Waals surface area contributed by atoms with Gasteiger partial charge in [0.1, 0.15) is 0 Å². The fourth-order valence-corrected chi connectivity index (χ4v) is 4.50. The minimum absolute atomic E-state index is 0.0155. The molecule has 0 saturated carbocycles. The summed E-state index contributed by atoms with van der Waals surface area (Å²) in [4.78, 5) is 24.1. The quantitative estimate of drug-likeness (QED) is 0.529. The van der Waals surface area contributed by atoms with Crippen LogP contribution in [0.25, 0.3) is 0 Å². The van der Waals surface area contributed by atoms with Crippen LogP contribution in [0.4, 0.5) is 0 Å². The lowest BCUT2D eigenvalue weighted by atomic mass is 9.92. The Morgan fingerprint density at radius 2 is 1.53 bits per heavy atom. The van der Waals surface area contributed by atoms with Gasteiger partial charge in [0.05, 0.1) is 4.90 Å². The number of rotatable bonds is 9. The fourth-order valence-electron chi connectivity index (χ4n) is 3.42. The SMILES string of the molecule is O=C(CCNS(=O)(=O)c1ccc2c(c1)CCCC2)NCCNC(=O)c1ccccc1. The number of aryl methyl sites for hydroxylation is 2. The first-order chi connectivity index (χ1) is 14.5. The Hall–Kier alpha value is -2.71. The van der Waals surface area contributed by atoms with E-state index in [0.29, 0.717) is 12.1 Å². The molecule has 0 fully saturated rings. The van der Waals surface area contributed by atoms with Crippen molar-refractivity contribution in [2.75, 3.05) is 19.6 Å². The highest BCUT2D eigenvalue weighted by Gasteiger charge is 2.17. The van der Waals surface area contributed by atoms with Crippen molar-refractivity contribution in [1.29, 1.82) is 0 Å². The number of carbonyl (C=O) groups is 2. The summed E-state index contributed by atoms with van der Waals surface area (Å²) in [5.41, 5.74) is 2.87. The zero-order valence-electron chi connectivity index (χ0n) is 16.8. The maximum Gasteiger partial charge on any atom is 0.251 e. The van der Waals surface area contributed by atoms with E-state index in [1.165, 1.54) is 5.56 Å². The first-order valence-electron chi connectivity index (χ1n) is 10.2. The molecule has 0 aliphatic heterocycles. The van der Waals surface area contributed by atoms with Gasteiger partial charge in [-0.15, -0.1) is 0 Å². The summed E-state index contributed by atoms with van der Waals surface area (Å²) in [7, 11) is -3.64. The maximum absolute atomic E-state index is 12.5. The molecule has 7 nitrogen and oxygen atoms in total. The lowest BCUT2D eigenvalue weighted by molar-refractivity contribution is -0.120. The van der Waals surface area contributed by atoms with Crippen molar-refractivity contribution in [3.63, 3.8) is 0 Å². The molecular formula is C22H27N3O4S. The van der Waals surface area contributed by atoms with Crippen LogP contribution in [0, 0.1) is 0 Å². The zero-order valence-corrected chi connectivity index (χ0v) is 17.6. The van der Waals surface area contributed by atoms with Crippen LogP contribution in [0.5, 0.6) is 0 Å². The fraction of sp³-hybridized carbons (Fsp3) is 0.364. The first kappa shape index (κ1) is 22.0. The van der Waals surface area contributed by atoms with Crippen molar-refractivity contribution in [2.24, 2.45) is 0 Å². The van der Waals surface area contributed by atoms with E-state index in [0.717, 1.165) is 31.2 Å². The molecule has 1 aliphatic carbocycles. The molecule has 0 unspecified atom stereocenters. The monoisotopic (exact) mass is 429 g/mol. The van der Waals surface area contributed by atoms with Crippen molar-refractivity contribution < 1.29 is 18.0 Å². The Kier molecular flexibility index (Phi) is 7.59. The van der Waals surface area contributed by atoms with Crippen LogP contribution in [-0.2, 0) is 27.7 Å². The van der Waals surface area contributed by atoms with Crippen LogP contribution >= 0.6 is 0 Å². The number of carbonyl (C=O) groups excluding carboxylic acids is 2. The summed E-state index contributed by atoms with van der Waals surface area (Å²) in [6.45, 7) is 0.580. The van der Waals surface area contributed by atoms with Crippen LogP contribution in [0.2, 0.25) is 0 Å². The van der Waals surface area contributed by atoms with Gasteiger partial charge in [0.2, 0.25) is 15.9 Å². The van der Waals surface area contributed by atoms with Crippen LogP contribution < -0.4 is 15.4 Å². The lowest BCUT2D eigenvalue weighted by Gasteiger charge is -2.16. The second-order valence-corrected chi connectivity index (χ2v) is 9.02. The van der Waals surface area contributed by atoms with Crippen molar-refractivity contribution in [3.05, 3.63) is 65.2 Å². The Labute approximate surface area is 177 Å². The molecule has 0 bridgehead atoms. The zero-order chi connectivity index (χ0) is 21.4. The molecule has 30 heavy (non-hydrogen) atoms. The van der Waals surface area contributed by atoms with E-state index in [4.69, 9.17) is 0 Å². The molecule has 0 heterocycles. The van der Waals surface area contributed by atoms with Gasteiger partial charge >= 0.3 is 0 Å². The molecule has 1 aliphatic rings. The predicted octanol–water partition coefficient (Wildman–Crippen LogP) is 1.78. The molecule has 0 saturated heterocycles. The normalized spacial score (nSPS) is 13.3. The standard InChI is InChI=1S/C22H27N3O4S/c26-21(23-14-15-24-22(27)18-7-2-1-3-8-18)12-13-25-30(28,29)20-11-10-17-6-4-5-9-19(17)16-20/h1-3,7-8,10-11,16,25H,4-6,9,12-15H2,(H,23,26)(H,24,27). The molecule has 2 amide bonds. The maximum atomic E-state index is 12.5. The summed E-state index contributed by atoms with van der Waals surface area (Å²) >= 11 is 0. The van der Waals surface area contributed by atoms with Crippen molar-refractivity contribution in [3.8, 4) is 0 Å². The summed E-state index contributed by atoms with van der Waals surface area (Å²) in [5, 5.41) is 5.38. The molecule has 3 rings (SSSR count). The minimum atomic E-state index is -3.64. The summed E-state index contributed by atoms with van der Waals surface area (Å²) in [6.07, 6.45) is 4.14. The molecular weight excluding hydrogens is 402 g/mol. The molecule has 160 valence electrons. The molecule has 0 radical (unpaired) electrons.